The highest BCUT2D eigenvalue weighted by molar-refractivity contribution is 7.90. The Bertz CT molecular complexity index is 1170. The van der Waals surface area contributed by atoms with Gasteiger partial charge >= 0.3 is 0 Å². The second kappa shape index (κ2) is 14.4. The molecule has 216 valence electrons. The van der Waals surface area contributed by atoms with Crippen molar-refractivity contribution >= 4 is 56.6 Å². The van der Waals surface area contributed by atoms with Crippen molar-refractivity contribution in [1.82, 2.24) is 9.62 Å². The van der Waals surface area contributed by atoms with Crippen LogP contribution in [0.5, 0.6) is 0 Å². The van der Waals surface area contributed by atoms with Crippen molar-refractivity contribution in [3.63, 3.8) is 0 Å². The molecule has 0 aromatic heterocycles. The number of unbranched alkanes of at least 4 members (excludes halogenated alkanes) is 3. The van der Waals surface area contributed by atoms with Crippen LogP contribution < -0.4 is 15.8 Å². The van der Waals surface area contributed by atoms with Crippen LogP contribution in [0, 0.1) is 11.8 Å². The summed E-state index contributed by atoms with van der Waals surface area (Å²) in [6.07, 6.45) is 12.5. The zero-order valence-corrected chi connectivity index (χ0v) is 24.5. The molecule has 1 saturated heterocycles. The van der Waals surface area contributed by atoms with Crippen molar-refractivity contribution in [3.05, 3.63) is 40.4 Å². The highest BCUT2D eigenvalue weighted by atomic mass is 35.5. The van der Waals surface area contributed by atoms with Crippen LogP contribution in [0.3, 0.4) is 0 Å². The minimum absolute atomic E-state index is 0.0851. The topological polar surface area (TPSA) is 139 Å². The van der Waals surface area contributed by atoms with E-state index in [4.69, 9.17) is 28.9 Å². The molecule has 12 heteroatoms. The summed E-state index contributed by atoms with van der Waals surface area (Å²) in [5.41, 5.74) is 5.98. The van der Waals surface area contributed by atoms with E-state index in [-0.39, 0.29) is 35.4 Å². The molecule has 0 bridgehead atoms. The number of allylic oxidation sites excluding steroid dienone is 2. The standard InChI is InChI=1S/C14H23NO3S.C13H15Cl2N3O2/c1-2-3-4-5-6-7-11-10-13(11)14(16)15-19(17,18)12-8-9-12;14-9-4-3-8(6-10(9)15)17-7-12(19)18-5-1-2-11(18)13(16)20/h6-7,11-13H,2-5,8-10H2,1H3,(H,15,16);3-4,6,11,17H,1-2,5,7H2,(H2,16,20)/b7-6-;/t11-,13+;11-/m10/s1. The van der Waals surface area contributed by atoms with Gasteiger partial charge in [0.25, 0.3) is 0 Å². The maximum atomic E-state index is 12.1. The Kier molecular flexibility index (Phi) is 11.5. The van der Waals surface area contributed by atoms with E-state index in [0.29, 0.717) is 41.5 Å². The lowest BCUT2D eigenvalue weighted by Gasteiger charge is -2.22. The number of nitrogens with zero attached hydrogens (tertiary/aromatic N) is 1. The van der Waals surface area contributed by atoms with Crippen LogP contribution in [0.25, 0.3) is 0 Å². The number of hydrogen-bond donors (Lipinski definition) is 3. The maximum Gasteiger partial charge on any atom is 0.242 e. The minimum atomic E-state index is -3.37. The molecule has 2 aliphatic carbocycles. The van der Waals surface area contributed by atoms with E-state index in [1.165, 1.54) is 24.2 Å². The summed E-state index contributed by atoms with van der Waals surface area (Å²) in [6, 6.07) is 4.54. The van der Waals surface area contributed by atoms with Crippen molar-refractivity contribution in [1.29, 1.82) is 0 Å². The number of hydrogen-bond acceptors (Lipinski definition) is 6. The van der Waals surface area contributed by atoms with Gasteiger partial charge < -0.3 is 16.0 Å². The lowest BCUT2D eigenvalue weighted by Crippen LogP contribution is -2.45. The molecule has 1 aromatic rings. The monoisotopic (exact) mass is 600 g/mol. The number of carbonyl (C=O) groups is 3. The second-order valence-corrected chi connectivity index (χ2v) is 13.0. The van der Waals surface area contributed by atoms with Crippen LogP contribution in [0.15, 0.2) is 30.4 Å². The largest absolute Gasteiger partial charge is 0.376 e. The summed E-state index contributed by atoms with van der Waals surface area (Å²) in [4.78, 5) is 36.6. The molecule has 3 amide bonds. The van der Waals surface area contributed by atoms with Gasteiger partial charge in [-0.2, -0.15) is 0 Å². The smallest absolute Gasteiger partial charge is 0.242 e. The van der Waals surface area contributed by atoms with E-state index in [1.807, 2.05) is 0 Å². The fourth-order valence-electron chi connectivity index (χ4n) is 4.44. The molecule has 3 fully saturated rings. The average molecular weight is 602 g/mol. The third-order valence-electron chi connectivity index (χ3n) is 7.01. The van der Waals surface area contributed by atoms with Crippen LogP contribution in [0.4, 0.5) is 5.69 Å². The highest BCUT2D eigenvalue weighted by Crippen LogP contribution is 2.40. The third kappa shape index (κ3) is 9.69. The molecule has 3 aliphatic rings. The van der Waals surface area contributed by atoms with Crippen molar-refractivity contribution in [2.45, 2.75) is 76.0 Å². The molecule has 1 aliphatic heterocycles. The van der Waals surface area contributed by atoms with Gasteiger partial charge in [0.1, 0.15) is 6.04 Å². The van der Waals surface area contributed by atoms with Crippen LogP contribution >= 0.6 is 23.2 Å². The van der Waals surface area contributed by atoms with Gasteiger partial charge in [-0.05, 0) is 69.1 Å². The van der Waals surface area contributed by atoms with Crippen LogP contribution in [-0.4, -0.2) is 55.4 Å². The average Bonchev–Trinajstić information content (AvgIpc) is 3.82. The number of sulfonamides is 1. The zero-order chi connectivity index (χ0) is 28.6. The number of rotatable bonds is 12. The van der Waals surface area contributed by atoms with Crippen LogP contribution in [0.1, 0.15) is 64.7 Å². The number of primary amides is 1. The number of benzene rings is 1. The SMILES string of the molecule is CCCCC/C=C\[C@@H]1C[C@@H]1C(=O)NS(=O)(=O)C1CC1.NC(=O)[C@@H]1CCCN1C(=O)CNc1ccc(Cl)c(Cl)c1. The quantitative estimate of drug-likeness (QED) is 0.242. The van der Waals surface area contributed by atoms with Gasteiger partial charge in [0, 0.05) is 18.2 Å². The molecule has 1 heterocycles. The maximum absolute atomic E-state index is 12.1. The Morgan fingerprint density at radius 1 is 1.13 bits per heavy atom. The van der Waals surface area contributed by atoms with Gasteiger partial charge in [-0.15, -0.1) is 0 Å². The minimum Gasteiger partial charge on any atom is -0.376 e. The number of carbonyl (C=O) groups excluding carboxylic acids is 3. The van der Waals surface area contributed by atoms with Gasteiger partial charge in [-0.25, -0.2) is 8.42 Å². The van der Waals surface area contributed by atoms with E-state index in [1.54, 1.807) is 18.2 Å². The highest BCUT2D eigenvalue weighted by Gasteiger charge is 2.44. The molecule has 1 aromatic carbocycles. The normalized spacial score (nSPS) is 22.2. The van der Waals surface area contributed by atoms with Gasteiger partial charge in [0.15, 0.2) is 0 Å². The number of nitrogens with one attached hydrogen (secondary N) is 2. The zero-order valence-electron chi connectivity index (χ0n) is 22.2. The first-order valence-corrected chi connectivity index (χ1v) is 15.8. The summed E-state index contributed by atoms with van der Waals surface area (Å²) in [5, 5.41) is 3.51. The fraction of sp³-hybridized carbons (Fsp3) is 0.593. The predicted molar refractivity (Wildman–Crippen MR) is 154 cm³/mol. The summed E-state index contributed by atoms with van der Waals surface area (Å²) < 4.78 is 25.5. The van der Waals surface area contributed by atoms with Crippen molar-refractivity contribution in [2.24, 2.45) is 17.6 Å². The first kappa shape index (κ1) is 31.2. The predicted octanol–water partition coefficient (Wildman–Crippen LogP) is 4.25. The first-order chi connectivity index (χ1) is 18.5. The summed E-state index contributed by atoms with van der Waals surface area (Å²) >= 11 is 11.7. The first-order valence-electron chi connectivity index (χ1n) is 13.5. The summed E-state index contributed by atoms with van der Waals surface area (Å²) in [5.74, 6) is -0.801. The number of anilines is 1. The summed E-state index contributed by atoms with van der Waals surface area (Å²) in [6.45, 7) is 2.82. The molecule has 9 nitrogen and oxygen atoms in total. The van der Waals surface area contributed by atoms with Crippen molar-refractivity contribution in [2.75, 3.05) is 18.4 Å². The third-order valence-corrected chi connectivity index (χ3v) is 9.58. The molecule has 39 heavy (non-hydrogen) atoms. The van der Waals surface area contributed by atoms with E-state index in [2.05, 4.69) is 29.1 Å². The lowest BCUT2D eigenvalue weighted by atomic mass is 10.2. The molecular weight excluding hydrogens is 563 g/mol. The molecule has 2 saturated carbocycles. The van der Waals surface area contributed by atoms with Gasteiger partial charge in [-0.3, -0.25) is 19.1 Å². The molecule has 4 rings (SSSR count). The molecule has 3 atom stereocenters. The summed E-state index contributed by atoms with van der Waals surface area (Å²) in [7, 11) is -3.37. The number of amides is 3. The van der Waals surface area contributed by atoms with Gasteiger partial charge in [0.2, 0.25) is 27.7 Å². The molecule has 4 N–H and O–H groups in total. The van der Waals surface area contributed by atoms with Crippen molar-refractivity contribution < 1.29 is 22.8 Å². The Morgan fingerprint density at radius 3 is 2.51 bits per heavy atom. The Morgan fingerprint density at radius 2 is 1.87 bits per heavy atom. The van der Waals surface area contributed by atoms with Gasteiger partial charge in [-0.1, -0.05) is 55.1 Å². The number of halogens is 2. The molecule has 0 spiro atoms. The Labute approximate surface area is 240 Å². The van der Waals surface area contributed by atoms with Crippen molar-refractivity contribution in [3.8, 4) is 0 Å². The molecule has 0 radical (unpaired) electrons. The van der Waals surface area contributed by atoms with Gasteiger partial charge in [0.05, 0.1) is 21.8 Å². The molecule has 0 unspecified atom stereocenters. The fourth-order valence-corrected chi connectivity index (χ4v) is 6.09. The van der Waals surface area contributed by atoms with E-state index < -0.39 is 22.0 Å². The van der Waals surface area contributed by atoms with Crippen LogP contribution in [0.2, 0.25) is 10.0 Å². The van der Waals surface area contributed by atoms with E-state index in [0.717, 1.165) is 19.3 Å². The molecular formula is C27H38Cl2N4O5S. The Hall–Kier alpha value is -2.30. The number of likely N-dealkylation sites (tertiary alicyclic amines) is 1. The second-order valence-electron chi connectivity index (χ2n) is 10.3. The van der Waals surface area contributed by atoms with Crippen LogP contribution in [-0.2, 0) is 24.4 Å². The number of nitrogens with two attached hydrogens (primary N) is 1. The lowest BCUT2D eigenvalue weighted by molar-refractivity contribution is -0.135. The van der Waals surface area contributed by atoms with E-state index >= 15 is 0 Å². The van der Waals surface area contributed by atoms with E-state index in [9.17, 15) is 22.8 Å². The Balaban J connectivity index is 0.000000216.